The molecule has 5 nitrogen and oxygen atoms in total. The van der Waals surface area contributed by atoms with Gasteiger partial charge in [-0.2, -0.15) is 0 Å². The van der Waals surface area contributed by atoms with E-state index in [1.165, 1.54) is 10.4 Å². The molecule has 0 spiro atoms. The highest BCUT2D eigenvalue weighted by Gasteiger charge is 2.16. The number of anilines is 1. The minimum atomic E-state index is -3.40. The van der Waals surface area contributed by atoms with Crippen LogP contribution in [0.3, 0.4) is 0 Å². The third-order valence-corrected chi connectivity index (χ3v) is 5.21. The lowest BCUT2D eigenvalue weighted by Crippen LogP contribution is -2.30. The van der Waals surface area contributed by atoms with Crippen molar-refractivity contribution in [1.29, 1.82) is 0 Å². The van der Waals surface area contributed by atoms with E-state index >= 15 is 0 Å². The van der Waals surface area contributed by atoms with E-state index in [9.17, 15) is 13.2 Å². The van der Waals surface area contributed by atoms with Gasteiger partial charge in [-0.05, 0) is 35.7 Å². The summed E-state index contributed by atoms with van der Waals surface area (Å²) < 4.78 is 24.9. The molecule has 2 aromatic carbocycles. The molecule has 0 aliphatic heterocycles. The molecule has 138 valence electrons. The quantitative estimate of drug-likeness (QED) is 0.724. The fourth-order valence-electron chi connectivity index (χ4n) is 2.58. The number of rotatable bonds is 8. The van der Waals surface area contributed by atoms with E-state index in [4.69, 9.17) is 0 Å². The second-order valence-electron chi connectivity index (χ2n) is 6.15. The third-order valence-electron chi connectivity index (χ3n) is 4.05. The lowest BCUT2D eigenvalue weighted by molar-refractivity contribution is 0.0951. The summed E-state index contributed by atoms with van der Waals surface area (Å²) in [5, 5.41) is 2.91. The van der Waals surface area contributed by atoms with Gasteiger partial charge in [-0.15, -0.1) is 6.58 Å². The Morgan fingerprint density at radius 1 is 1.15 bits per heavy atom. The van der Waals surface area contributed by atoms with Gasteiger partial charge < -0.3 is 5.32 Å². The highest BCUT2D eigenvalue weighted by molar-refractivity contribution is 7.92. The fraction of sp³-hybridized carbons (Fsp3) is 0.250. The zero-order valence-corrected chi connectivity index (χ0v) is 15.9. The van der Waals surface area contributed by atoms with Crippen molar-refractivity contribution in [2.45, 2.75) is 12.8 Å². The summed E-state index contributed by atoms with van der Waals surface area (Å²) in [5.41, 5.74) is 2.15. The average molecular weight is 372 g/mol. The molecule has 6 heteroatoms. The van der Waals surface area contributed by atoms with E-state index in [0.29, 0.717) is 17.8 Å². The molecule has 0 unspecified atom stereocenters. The third kappa shape index (κ3) is 5.20. The van der Waals surface area contributed by atoms with Gasteiger partial charge in [0.05, 0.1) is 18.5 Å². The van der Waals surface area contributed by atoms with Crippen LogP contribution in [0.1, 0.15) is 28.8 Å². The van der Waals surface area contributed by atoms with Crippen LogP contribution in [0.15, 0.2) is 67.3 Å². The maximum absolute atomic E-state index is 12.3. The number of amides is 1. The second-order valence-corrected chi connectivity index (χ2v) is 8.06. The Bertz CT molecular complexity index is 846. The van der Waals surface area contributed by atoms with Crippen molar-refractivity contribution in [2.24, 2.45) is 0 Å². The van der Waals surface area contributed by atoms with Crippen LogP contribution in [0.25, 0.3) is 0 Å². The molecule has 2 aromatic rings. The summed E-state index contributed by atoms with van der Waals surface area (Å²) in [4.78, 5) is 12.3. The number of carbonyl (C=O) groups excluding carboxylic acids is 1. The van der Waals surface area contributed by atoms with Gasteiger partial charge in [0.2, 0.25) is 10.0 Å². The normalized spacial score (nSPS) is 12.2. The summed E-state index contributed by atoms with van der Waals surface area (Å²) >= 11 is 0. The van der Waals surface area contributed by atoms with Gasteiger partial charge in [0.15, 0.2) is 0 Å². The smallest absolute Gasteiger partial charge is 0.251 e. The van der Waals surface area contributed by atoms with Gasteiger partial charge in [0.25, 0.3) is 5.91 Å². The van der Waals surface area contributed by atoms with Gasteiger partial charge in [-0.1, -0.05) is 43.3 Å². The van der Waals surface area contributed by atoms with Gasteiger partial charge in [0, 0.05) is 12.1 Å². The highest BCUT2D eigenvalue weighted by Crippen LogP contribution is 2.19. The van der Waals surface area contributed by atoms with Crippen molar-refractivity contribution >= 4 is 21.6 Å². The molecule has 1 N–H and O–H groups in total. The highest BCUT2D eigenvalue weighted by atomic mass is 32.2. The summed E-state index contributed by atoms with van der Waals surface area (Å²) in [7, 11) is -3.40. The molecule has 2 rings (SSSR count). The Labute approximate surface area is 155 Å². The zero-order valence-electron chi connectivity index (χ0n) is 15.1. The van der Waals surface area contributed by atoms with E-state index < -0.39 is 10.0 Å². The summed E-state index contributed by atoms with van der Waals surface area (Å²) in [6.07, 6.45) is 2.66. The molecule has 0 saturated carbocycles. The van der Waals surface area contributed by atoms with Crippen molar-refractivity contribution in [2.75, 3.05) is 23.7 Å². The number of sulfonamides is 1. The molecule has 0 radical (unpaired) electrons. The maximum Gasteiger partial charge on any atom is 0.251 e. The predicted octanol–water partition coefficient (Wildman–Crippen LogP) is 3.17. The van der Waals surface area contributed by atoms with Crippen LogP contribution >= 0.6 is 0 Å². The molecule has 0 aliphatic rings. The lowest BCUT2D eigenvalue weighted by atomic mass is 10.0. The van der Waals surface area contributed by atoms with Crippen LogP contribution in [0.5, 0.6) is 0 Å². The molecule has 26 heavy (non-hydrogen) atoms. The fourth-order valence-corrected chi connectivity index (χ4v) is 3.46. The van der Waals surface area contributed by atoms with Crippen molar-refractivity contribution in [3.63, 3.8) is 0 Å². The molecule has 0 fully saturated rings. The molecular weight excluding hydrogens is 348 g/mol. The van der Waals surface area contributed by atoms with E-state index in [1.807, 2.05) is 30.3 Å². The van der Waals surface area contributed by atoms with Gasteiger partial charge in [0.1, 0.15) is 0 Å². The van der Waals surface area contributed by atoms with Gasteiger partial charge in [-0.25, -0.2) is 8.42 Å². The van der Waals surface area contributed by atoms with Crippen LogP contribution in [0.2, 0.25) is 0 Å². The second kappa shape index (κ2) is 8.67. The number of nitrogens with one attached hydrogen (secondary N) is 1. The first-order valence-electron chi connectivity index (χ1n) is 8.34. The lowest BCUT2D eigenvalue weighted by Gasteiger charge is -2.21. The van der Waals surface area contributed by atoms with Gasteiger partial charge in [-0.3, -0.25) is 9.10 Å². The molecule has 1 atom stereocenters. The molecule has 0 heterocycles. The summed E-state index contributed by atoms with van der Waals surface area (Å²) in [6.45, 7) is 6.34. The number of carbonyl (C=O) groups is 1. The van der Waals surface area contributed by atoms with Crippen LogP contribution in [-0.2, 0) is 10.0 Å². The summed E-state index contributed by atoms with van der Waals surface area (Å²) in [6, 6.07) is 16.5. The number of nitrogens with zero attached hydrogens (tertiary/aromatic N) is 1. The Balaban J connectivity index is 2.03. The molecule has 1 amide bonds. The monoisotopic (exact) mass is 372 g/mol. The van der Waals surface area contributed by atoms with Crippen LogP contribution in [-0.4, -0.2) is 33.7 Å². The van der Waals surface area contributed by atoms with E-state index in [1.54, 1.807) is 24.3 Å². The molecule has 0 aliphatic carbocycles. The summed E-state index contributed by atoms with van der Waals surface area (Å²) in [5.74, 6) is 0.0155. The Morgan fingerprint density at radius 2 is 1.77 bits per heavy atom. The van der Waals surface area contributed by atoms with Crippen LogP contribution < -0.4 is 9.62 Å². The van der Waals surface area contributed by atoms with E-state index in [-0.39, 0.29) is 18.4 Å². The van der Waals surface area contributed by atoms with Crippen LogP contribution in [0.4, 0.5) is 5.69 Å². The number of hydrogen-bond acceptors (Lipinski definition) is 3. The van der Waals surface area contributed by atoms with Crippen molar-refractivity contribution in [3.8, 4) is 0 Å². The molecule has 0 saturated heterocycles. The Kier molecular flexibility index (Phi) is 6.58. The van der Waals surface area contributed by atoms with E-state index in [0.717, 1.165) is 11.8 Å². The first-order chi connectivity index (χ1) is 12.3. The van der Waals surface area contributed by atoms with Crippen molar-refractivity contribution < 1.29 is 13.2 Å². The van der Waals surface area contributed by atoms with Gasteiger partial charge >= 0.3 is 0 Å². The average Bonchev–Trinajstić information content (AvgIpc) is 2.64. The largest absolute Gasteiger partial charge is 0.351 e. The van der Waals surface area contributed by atoms with Crippen molar-refractivity contribution in [3.05, 3.63) is 78.4 Å². The Morgan fingerprint density at radius 3 is 2.31 bits per heavy atom. The first-order valence-corrected chi connectivity index (χ1v) is 10.2. The molecule has 0 aromatic heterocycles. The standard InChI is InChI=1S/C20H24N2O3S/c1-4-14-22(26(3,24)25)19-12-10-18(11-13-19)20(23)21-15-16(2)17-8-6-5-7-9-17/h4-13,16H,1,14-15H2,2-3H3,(H,21,23)/t16-/m0/s1. The zero-order chi connectivity index (χ0) is 19.2. The molecular formula is C20H24N2O3S. The molecule has 0 bridgehead atoms. The predicted molar refractivity (Wildman–Crippen MR) is 106 cm³/mol. The van der Waals surface area contributed by atoms with Crippen molar-refractivity contribution in [1.82, 2.24) is 5.32 Å². The maximum atomic E-state index is 12.3. The van der Waals surface area contributed by atoms with E-state index in [2.05, 4.69) is 18.8 Å². The topological polar surface area (TPSA) is 66.5 Å². The Hall–Kier alpha value is -2.60. The number of benzene rings is 2. The van der Waals surface area contributed by atoms with Crippen LogP contribution in [0, 0.1) is 0 Å². The minimum Gasteiger partial charge on any atom is -0.351 e. The first kappa shape index (κ1) is 19.7. The SMILES string of the molecule is C=CCN(c1ccc(C(=O)NC[C@H](C)c2ccccc2)cc1)S(C)(=O)=O. The minimum absolute atomic E-state index is 0.180. The number of hydrogen-bond donors (Lipinski definition) is 1.